The van der Waals surface area contributed by atoms with Crippen molar-refractivity contribution < 1.29 is 0 Å². The molecule has 0 aliphatic carbocycles. The predicted molar refractivity (Wildman–Crippen MR) is 61.8 cm³/mol. The van der Waals surface area contributed by atoms with E-state index in [2.05, 4.69) is 41.2 Å². The van der Waals surface area contributed by atoms with Gasteiger partial charge >= 0.3 is 0 Å². The second-order valence-electron chi connectivity index (χ2n) is 4.57. The number of allylic oxidation sites excluding steroid dienone is 1. The number of hydrogen-bond donors (Lipinski definition) is 0. The van der Waals surface area contributed by atoms with Crippen molar-refractivity contribution in [2.24, 2.45) is 17.8 Å². The molecule has 0 heteroatoms. The fourth-order valence-electron chi connectivity index (χ4n) is 1.99. The van der Waals surface area contributed by atoms with E-state index in [0.29, 0.717) is 0 Å². The molecule has 0 aromatic rings. The molecule has 0 saturated carbocycles. The maximum absolute atomic E-state index is 4.01. The Morgan fingerprint density at radius 3 is 2.00 bits per heavy atom. The maximum atomic E-state index is 4.01. The van der Waals surface area contributed by atoms with Crippen LogP contribution in [0.2, 0.25) is 0 Å². The van der Waals surface area contributed by atoms with E-state index in [9.17, 15) is 0 Å². The van der Waals surface area contributed by atoms with Crippen molar-refractivity contribution in [3.63, 3.8) is 0 Å². The Labute approximate surface area is 84.4 Å². The van der Waals surface area contributed by atoms with Crippen molar-refractivity contribution in [1.29, 1.82) is 0 Å². The van der Waals surface area contributed by atoms with Gasteiger partial charge in [0.2, 0.25) is 0 Å². The summed E-state index contributed by atoms with van der Waals surface area (Å²) in [7, 11) is 0. The van der Waals surface area contributed by atoms with Crippen LogP contribution in [-0.4, -0.2) is 0 Å². The lowest BCUT2D eigenvalue weighted by atomic mass is 9.78. The van der Waals surface area contributed by atoms with E-state index in [1.165, 1.54) is 24.8 Å². The van der Waals surface area contributed by atoms with Crippen LogP contribution in [0, 0.1) is 17.8 Å². The number of rotatable bonds is 6. The molecule has 0 bridgehead atoms. The molecule has 0 amide bonds. The third-order valence-electron chi connectivity index (χ3n) is 3.42. The fourth-order valence-corrected chi connectivity index (χ4v) is 1.99. The molecule has 0 aromatic carbocycles. The predicted octanol–water partition coefficient (Wildman–Crippen LogP) is 4.66. The largest absolute Gasteiger partial charge is 0.100 e. The van der Waals surface area contributed by atoms with Gasteiger partial charge < -0.3 is 0 Å². The molecule has 3 atom stereocenters. The lowest BCUT2D eigenvalue weighted by molar-refractivity contribution is 0.247. The Morgan fingerprint density at radius 1 is 1.15 bits per heavy atom. The maximum Gasteiger partial charge on any atom is -0.0295 e. The second-order valence-corrected chi connectivity index (χ2v) is 4.57. The average molecular weight is 182 g/mol. The van der Waals surface area contributed by atoms with E-state index in [-0.39, 0.29) is 0 Å². The Bertz CT molecular complexity index is 146. The SMILES string of the molecule is C=C(C)CC(CC)C(C)C(C)CC. The van der Waals surface area contributed by atoms with E-state index < -0.39 is 0 Å². The van der Waals surface area contributed by atoms with Crippen molar-refractivity contribution in [2.75, 3.05) is 0 Å². The highest BCUT2D eigenvalue weighted by atomic mass is 14.2. The van der Waals surface area contributed by atoms with Crippen molar-refractivity contribution >= 4 is 0 Å². The van der Waals surface area contributed by atoms with Gasteiger partial charge in [0, 0.05) is 0 Å². The summed E-state index contributed by atoms with van der Waals surface area (Å²) in [5, 5.41) is 0. The van der Waals surface area contributed by atoms with E-state index in [1.807, 2.05) is 0 Å². The van der Waals surface area contributed by atoms with Gasteiger partial charge in [-0.05, 0) is 31.1 Å². The molecule has 0 heterocycles. The van der Waals surface area contributed by atoms with Gasteiger partial charge in [-0.3, -0.25) is 0 Å². The molecule has 0 rings (SSSR count). The van der Waals surface area contributed by atoms with Crippen molar-refractivity contribution in [3.8, 4) is 0 Å². The second kappa shape index (κ2) is 6.23. The van der Waals surface area contributed by atoms with Crippen LogP contribution in [0.5, 0.6) is 0 Å². The molecule has 0 aliphatic rings. The van der Waals surface area contributed by atoms with E-state index in [1.54, 1.807) is 0 Å². The first kappa shape index (κ1) is 12.7. The third-order valence-corrected chi connectivity index (χ3v) is 3.42. The Hall–Kier alpha value is -0.260. The molecule has 0 fully saturated rings. The van der Waals surface area contributed by atoms with Gasteiger partial charge in [-0.25, -0.2) is 0 Å². The monoisotopic (exact) mass is 182 g/mol. The Balaban J connectivity index is 4.13. The van der Waals surface area contributed by atoms with Gasteiger partial charge in [0.05, 0.1) is 0 Å². The summed E-state index contributed by atoms with van der Waals surface area (Å²) in [6.45, 7) is 15.5. The molecular formula is C13H26. The summed E-state index contributed by atoms with van der Waals surface area (Å²) in [4.78, 5) is 0. The average Bonchev–Trinajstić information content (AvgIpc) is 2.11. The third kappa shape index (κ3) is 4.50. The van der Waals surface area contributed by atoms with Crippen molar-refractivity contribution in [1.82, 2.24) is 0 Å². The molecule has 0 spiro atoms. The quantitative estimate of drug-likeness (QED) is 0.524. The van der Waals surface area contributed by atoms with Crippen LogP contribution in [-0.2, 0) is 0 Å². The summed E-state index contributed by atoms with van der Waals surface area (Å²) >= 11 is 0. The summed E-state index contributed by atoms with van der Waals surface area (Å²) in [6.07, 6.45) is 3.80. The van der Waals surface area contributed by atoms with Crippen LogP contribution in [0.1, 0.15) is 53.9 Å². The van der Waals surface area contributed by atoms with Gasteiger partial charge in [-0.15, -0.1) is 6.58 Å². The van der Waals surface area contributed by atoms with E-state index in [0.717, 1.165) is 17.8 Å². The molecular weight excluding hydrogens is 156 g/mol. The highest BCUT2D eigenvalue weighted by Crippen LogP contribution is 2.29. The lowest BCUT2D eigenvalue weighted by Gasteiger charge is -2.27. The smallest absolute Gasteiger partial charge is 0.0295 e. The fraction of sp³-hybridized carbons (Fsp3) is 0.846. The molecule has 13 heavy (non-hydrogen) atoms. The van der Waals surface area contributed by atoms with Gasteiger partial charge in [0.1, 0.15) is 0 Å². The normalized spacial score (nSPS) is 17.9. The first-order valence-electron chi connectivity index (χ1n) is 5.67. The van der Waals surface area contributed by atoms with Crippen LogP contribution < -0.4 is 0 Å². The molecule has 0 aromatic heterocycles. The Kier molecular flexibility index (Phi) is 6.11. The van der Waals surface area contributed by atoms with E-state index >= 15 is 0 Å². The Morgan fingerprint density at radius 2 is 1.69 bits per heavy atom. The van der Waals surface area contributed by atoms with Crippen LogP contribution in [0.25, 0.3) is 0 Å². The van der Waals surface area contributed by atoms with Gasteiger partial charge in [-0.1, -0.05) is 46.1 Å². The molecule has 0 N–H and O–H groups in total. The molecule has 0 radical (unpaired) electrons. The van der Waals surface area contributed by atoms with Gasteiger partial charge in [0.25, 0.3) is 0 Å². The molecule has 0 saturated heterocycles. The zero-order chi connectivity index (χ0) is 10.4. The van der Waals surface area contributed by atoms with Crippen LogP contribution >= 0.6 is 0 Å². The summed E-state index contributed by atoms with van der Waals surface area (Å²) < 4.78 is 0. The minimum Gasteiger partial charge on any atom is -0.100 e. The minimum atomic E-state index is 0.840. The molecule has 0 nitrogen and oxygen atoms in total. The zero-order valence-corrected chi connectivity index (χ0v) is 10.1. The molecule has 78 valence electrons. The first-order chi connectivity index (χ1) is 6.02. The summed E-state index contributed by atoms with van der Waals surface area (Å²) in [6, 6.07) is 0. The zero-order valence-electron chi connectivity index (χ0n) is 10.1. The highest BCUT2D eigenvalue weighted by molar-refractivity contribution is 4.91. The first-order valence-corrected chi connectivity index (χ1v) is 5.67. The van der Waals surface area contributed by atoms with E-state index in [4.69, 9.17) is 0 Å². The van der Waals surface area contributed by atoms with Crippen LogP contribution in [0.3, 0.4) is 0 Å². The van der Waals surface area contributed by atoms with Crippen molar-refractivity contribution in [2.45, 2.75) is 53.9 Å². The topological polar surface area (TPSA) is 0 Å². The van der Waals surface area contributed by atoms with Crippen molar-refractivity contribution in [3.05, 3.63) is 12.2 Å². The number of hydrogen-bond acceptors (Lipinski definition) is 0. The standard InChI is InChI=1S/C13H26/c1-7-11(5)12(6)13(8-2)9-10(3)4/h11-13H,3,7-9H2,1-2,4-6H3. The molecule has 0 aliphatic heterocycles. The van der Waals surface area contributed by atoms with Gasteiger partial charge in [-0.2, -0.15) is 0 Å². The molecule has 3 unspecified atom stereocenters. The van der Waals surface area contributed by atoms with Gasteiger partial charge in [0.15, 0.2) is 0 Å². The summed E-state index contributed by atoms with van der Waals surface area (Å²) in [5.74, 6) is 2.53. The minimum absolute atomic E-state index is 0.840. The van der Waals surface area contributed by atoms with Crippen LogP contribution in [0.15, 0.2) is 12.2 Å². The van der Waals surface area contributed by atoms with Crippen LogP contribution in [0.4, 0.5) is 0 Å². The lowest BCUT2D eigenvalue weighted by Crippen LogP contribution is -2.18. The highest BCUT2D eigenvalue weighted by Gasteiger charge is 2.19. The summed E-state index contributed by atoms with van der Waals surface area (Å²) in [5.41, 5.74) is 1.34.